The van der Waals surface area contributed by atoms with Gasteiger partial charge in [0.2, 0.25) is 0 Å². The van der Waals surface area contributed by atoms with E-state index in [4.69, 9.17) is 11.6 Å². The summed E-state index contributed by atoms with van der Waals surface area (Å²) in [5.41, 5.74) is 4.57. The molecule has 6 heteroatoms. The molecule has 5 aromatic rings. The lowest BCUT2D eigenvalue weighted by Gasteiger charge is -2.09. The Morgan fingerprint density at radius 1 is 0.931 bits per heavy atom. The van der Waals surface area contributed by atoms with E-state index in [9.17, 15) is 4.79 Å². The molecule has 0 atom stereocenters. The van der Waals surface area contributed by atoms with Crippen LogP contribution in [0.2, 0.25) is 0 Å². The van der Waals surface area contributed by atoms with Crippen molar-refractivity contribution in [3.63, 3.8) is 0 Å². The minimum absolute atomic E-state index is 0.0775. The fourth-order valence-corrected chi connectivity index (χ4v) is 3.76. The Kier molecular flexibility index (Phi) is 4.37. The number of alkyl halides is 1. The van der Waals surface area contributed by atoms with Crippen molar-refractivity contribution in [3.8, 4) is 11.1 Å². The molecular weight excluding hydrogens is 384 g/mol. The van der Waals surface area contributed by atoms with E-state index in [1.807, 2.05) is 71.5 Å². The maximum Gasteiger partial charge on any atom is 0.260 e. The first kappa shape index (κ1) is 17.6. The van der Waals surface area contributed by atoms with Crippen LogP contribution in [0.4, 0.5) is 0 Å². The zero-order valence-corrected chi connectivity index (χ0v) is 16.3. The van der Waals surface area contributed by atoms with Crippen molar-refractivity contribution in [3.05, 3.63) is 101 Å². The van der Waals surface area contributed by atoms with Crippen LogP contribution in [0.25, 0.3) is 27.5 Å². The van der Waals surface area contributed by atoms with E-state index in [1.54, 1.807) is 17.0 Å². The Hall–Kier alpha value is -3.44. The van der Waals surface area contributed by atoms with E-state index in [2.05, 4.69) is 9.97 Å². The summed E-state index contributed by atoms with van der Waals surface area (Å²) in [7, 11) is 0. The number of pyridine rings is 3. The molecule has 0 N–H and O–H groups in total. The van der Waals surface area contributed by atoms with E-state index < -0.39 is 0 Å². The van der Waals surface area contributed by atoms with E-state index in [1.165, 1.54) is 0 Å². The Balaban J connectivity index is 1.56. The third kappa shape index (κ3) is 3.19. The second-order valence-electron chi connectivity index (χ2n) is 6.93. The van der Waals surface area contributed by atoms with Gasteiger partial charge in [0.15, 0.2) is 0 Å². The maximum atomic E-state index is 13.1. The van der Waals surface area contributed by atoms with Crippen molar-refractivity contribution >= 4 is 28.0 Å². The molecule has 0 amide bonds. The predicted octanol–water partition coefficient (Wildman–Crippen LogP) is 4.50. The Morgan fingerprint density at radius 2 is 1.79 bits per heavy atom. The molecule has 4 heterocycles. The van der Waals surface area contributed by atoms with Gasteiger partial charge in [0.25, 0.3) is 5.56 Å². The average Bonchev–Trinajstić information content (AvgIpc) is 3.17. The van der Waals surface area contributed by atoms with Crippen LogP contribution in [0.3, 0.4) is 0 Å². The van der Waals surface area contributed by atoms with E-state index in [0.717, 1.165) is 33.4 Å². The molecule has 0 bridgehead atoms. The van der Waals surface area contributed by atoms with Gasteiger partial charge in [-0.15, -0.1) is 11.6 Å². The summed E-state index contributed by atoms with van der Waals surface area (Å²) >= 11 is 5.91. The van der Waals surface area contributed by atoms with Crippen molar-refractivity contribution in [2.75, 3.05) is 0 Å². The highest BCUT2D eigenvalue weighted by molar-refractivity contribution is 6.17. The molecule has 5 nitrogen and oxygen atoms in total. The minimum Gasteiger partial charge on any atom is -0.309 e. The largest absolute Gasteiger partial charge is 0.309 e. The Morgan fingerprint density at radius 3 is 2.62 bits per heavy atom. The van der Waals surface area contributed by atoms with Crippen LogP contribution in [0, 0.1) is 0 Å². The van der Waals surface area contributed by atoms with Gasteiger partial charge in [-0.2, -0.15) is 0 Å². The van der Waals surface area contributed by atoms with Crippen LogP contribution in [0.5, 0.6) is 0 Å². The summed E-state index contributed by atoms with van der Waals surface area (Å²) in [4.78, 5) is 22.0. The second kappa shape index (κ2) is 7.18. The molecule has 0 radical (unpaired) electrons. The molecule has 142 valence electrons. The summed E-state index contributed by atoms with van der Waals surface area (Å²) in [6.07, 6.45) is 9.15. The number of halogens is 1. The number of hydrogen-bond acceptors (Lipinski definition) is 3. The van der Waals surface area contributed by atoms with Crippen molar-refractivity contribution in [2.45, 2.75) is 12.4 Å². The zero-order valence-electron chi connectivity index (χ0n) is 15.5. The monoisotopic (exact) mass is 400 g/mol. The first-order valence-electron chi connectivity index (χ1n) is 9.28. The lowest BCUT2D eigenvalue weighted by atomic mass is 10.0. The van der Waals surface area contributed by atoms with Crippen LogP contribution in [-0.4, -0.2) is 18.9 Å². The van der Waals surface area contributed by atoms with Crippen LogP contribution in [0.15, 0.2) is 84.3 Å². The average molecular weight is 401 g/mol. The third-order valence-electron chi connectivity index (χ3n) is 5.03. The molecule has 0 aliphatic heterocycles. The number of imidazole rings is 1. The van der Waals surface area contributed by atoms with Crippen molar-refractivity contribution in [2.24, 2.45) is 0 Å². The number of benzene rings is 1. The van der Waals surface area contributed by atoms with Gasteiger partial charge in [-0.25, -0.2) is 4.98 Å². The molecule has 0 aliphatic rings. The first-order chi connectivity index (χ1) is 14.2. The van der Waals surface area contributed by atoms with Crippen LogP contribution in [-0.2, 0) is 12.4 Å². The standard InChI is InChI=1S/C23H17ClN4O/c24-10-16-6-7-22-26-18(15-28(22)13-16)14-27-9-8-19-20(17-4-2-1-3-5-17)11-25-12-21(19)23(27)29/h1-9,11-13,15H,10,14H2. The van der Waals surface area contributed by atoms with Crippen LogP contribution >= 0.6 is 11.6 Å². The first-order valence-corrected chi connectivity index (χ1v) is 9.81. The molecule has 0 saturated heterocycles. The highest BCUT2D eigenvalue weighted by atomic mass is 35.5. The van der Waals surface area contributed by atoms with Gasteiger partial charge in [0.1, 0.15) is 5.65 Å². The highest BCUT2D eigenvalue weighted by Gasteiger charge is 2.10. The molecule has 0 spiro atoms. The smallest absolute Gasteiger partial charge is 0.260 e. The number of nitrogens with zero attached hydrogens (tertiary/aromatic N) is 4. The Bertz CT molecular complexity index is 1390. The van der Waals surface area contributed by atoms with Gasteiger partial charge >= 0.3 is 0 Å². The van der Waals surface area contributed by atoms with Crippen molar-refractivity contribution in [1.82, 2.24) is 18.9 Å². The van der Waals surface area contributed by atoms with E-state index in [0.29, 0.717) is 17.8 Å². The van der Waals surface area contributed by atoms with Crippen molar-refractivity contribution in [1.29, 1.82) is 0 Å². The van der Waals surface area contributed by atoms with E-state index >= 15 is 0 Å². The van der Waals surface area contributed by atoms with Gasteiger partial charge in [0, 0.05) is 42.4 Å². The SMILES string of the molecule is O=c1c2cncc(-c3ccccc3)c2ccn1Cc1cn2cc(CCl)ccc2n1. The van der Waals surface area contributed by atoms with Crippen LogP contribution < -0.4 is 5.56 Å². The summed E-state index contributed by atoms with van der Waals surface area (Å²) in [5.74, 6) is 0.449. The summed E-state index contributed by atoms with van der Waals surface area (Å²) in [5, 5.41) is 1.50. The number of rotatable bonds is 4. The van der Waals surface area contributed by atoms with Crippen molar-refractivity contribution < 1.29 is 0 Å². The minimum atomic E-state index is -0.0775. The van der Waals surface area contributed by atoms with Crippen LogP contribution in [0.1, 0.15) is 11.3 Å². The topological polar surface area (TPSA) is 52.2 Å². The molecule has 0 unspecified atom stereocenters. The highest BCUT2D eigenvalue weighted by Crippen LogP contribution is 2.25. The van der Waals surface area contributed by atoms with Gasteiger partial charge in [-0.1, -0.05) is 36.4 Å². The maximum absolute atomic E-state index is 13.1. The molecular formula is C23H17ClN4O. The molecule has 0 saturated carbocycles. The van der Waals surface area contributed by atoms with Gasteiger partial charge in [-0.3, -0.25) is 9.78 Å². The number of aromatic nitrogens is 4. The lowest BCUT2D eigenvalue weighted by molar-refractivity contribution is 0.752. The number of fused-ring (bicyclic) bond motifs is 2. The Labute approximate surface area is 171 Å². The molecule has 4 aromatic heterocycles. The normalized spacial score (nSPS) is 11.3. The van der Waals surface area contributed by atoms with Gasteiger partial charge < -0.3 is 8.97 Å². The third-order valence-corrected chi connectivity index (χ3v) is 5.34. The predicted molar refractivity (Wildman–Crippen MR) is 115 cm³/mol. The fraction of sp³-hybridized carbons (Fsp3) is 0.0870. The molecule has 0 fully saturated rings. The molecule has 1 aromatic carbocycles. The fourth-order valence-electron chi connectivity index (χ4n) is 3.60. The zero-order chi connectivity index (χ0) is 19.8. The molecule has 0 aliphatic carbocycles. The number of hydrogen-bond donors (Lipinski definition) is 0. The molecule has 29 heavy (non-hydrogen) atoms. The molecule has 5 rings (SSSR count). The quantitative estimate of drug-likeness (QED) is 0.417. The second-order valence-corrected chi connectivity index (χ2v) is 7.20. The summed E-state index contributed by atoms with van der Waals surface area (Å²) < 4.78 is 3.61. The summed E-state index contributed by atoms with van der Waals surface area (Å²) in [6.45, 7) is 0.391. The lowest BCUT2D eigenvalue weighted by Crippen LogP contribution is -2.20. The van der Waals surface area contributed by atoms with Gasteiger partial charge in [0.05, 0.1) is 17.6 Å². The summed E-state index contributed by atoms with van der Waals surface area (Å²) in [6, 6.07) is 15.8. The van der Waals surface area contributed by atoms with E-state index in [-0.39, 0.29) is 5.56 Å². The van der Waals surface area contributed by atoms with Gasteiger partial charge in [-0.05, 0) is 28.6 Å².